The fraction of sp³-hybridized carbons (Fsp3) is 0. The Morgan fingerprint density at radius 3 is 0.500 bits per heavy atom. The number of rotatable bonds is 0. The molecule has 0 aromatic heterocycles. The molecule has 0 N–H and O–H groups in total. The van der Waals surface area contributed by atoms with Crippen LogP contribution in [0.2, 0.25) is 0 Å². The number of hydrogen-bond acceptors (Lipinski definition) is 0. The molecule has 0 aromatic rings. The minimum Gasteiger partial charge on any atom is 0 e. The Hall–Kier alpha value is 6.34. The standard InChI is InChI=1S/2La.2Ni.2Sr. The first-order chi connectivity index (χ1) is 0. The summed E-state index contributed by atoms with van der Waals surface area (Å²) in [4.78, 5) is 0. The average molecular weight is 570 g/mol. The molecule has 0 amide bonds. The van der Waals surface area contributed by atoms with Gasteiger partial charge in [0.2, 0.25) is 0 Å². The molecule has 0 saturated carbocycles. The smallest absolute Gasteiger partial charge is 0 e. The van der Waals surface area contributed by atoms with Gasteiger partial charge in [-0.15, -0.1) is 0 Å². The van der Waals surface area contributed by atoms with Gasteiger partial charge in [0.25, 0.3) is 0 Å². The van der Waals surface area contributed by atoms with Crippen LogP contribution in [0.3, 0.4) is 0 Å². The first-order valence-corrected chi connectivity index (χ1v) is 0. The minimum atomic E-state index is 0. The van der Waals surface area contributed by atoms with E-state index in [1.54, 1.807) is 0 Å². The second-order valence-corrected chi connectivity index (χ2v) is 0. The van der Waals surface area contributed by atoms with Crippen molar-refractivity contribution in [3.05, 3.63) is 0 Å². The predicted molar refractivity (Wildman–Crippen MR) is 11.5 cm³/mol. The molecule has 0 spiro atoms. The maximum absolute atomic E-state index is 0. The first-order valence-electron chi connectivity index (χ1n) is 0. The second kappa shape index (κ2) is 30.2. The van der Waals surface area contributed by atoms with E-state index in [0.717, 1.165) is 0 Å². The van der Waals surface area contributed by atoms with Crippen LogP contribution < -0.4 is 0 Å². The molecule has 0 aromatic carbocycles. The van der Waals surface area contributed by atoms with Gasteiger partial charge < -0.3 is 0 Å². The molecule has 30 valence electrons. The molecule has 6 radical (unpaired) electrons. The molecule has 0 saturated heterocycles. The van der Waals surface area contributed by atoms with E-state index in [9.17, 15) is 0 Å². The molecule has 0 heterocycles. The summed E-state index contributed by atoms with van der Waals surface area (Å²) < 4.78 is 0. The Balaban J connectivity index is 0. The van der Waals surface area contributed by atoms with Crippen molar-refractivity contribution >= 4 is 91.0 Å². The van der Waals surface area contributed by atoms with Crippen molar-refractivity contribution in [2.75, 3.05) is 0 Å². The summed E-state index contributed by atoms with van der Waals surface area (Å²) in [7, 11) is 0. The van der Waals surface area contributed by atoms with Crippen LogP contribution in [0.1, 0.15) is 0 Å². The summed E-state index contributed by atoms with van der Waals surface area (Å²) in [5.74, 6) is 0. The van der Waals surface area contributed by atoms with Gasteiger partial charge in [0.1, 0.15) is 0 Å². The third-order valence-corrected chi connectivity index (χ3v) is 0. The van der Waals surface area contributed by atoms with E-state index in [4.69, 9.17) is 0 Å². The van der Waals surface area contributed by atoms with Crippen molar-refractivity contribution in [2.45, 2.75) is 0 Å². The Morgan fingerprint density at radius 2 is 0.500 bits per heavy atom. The average Bonchev–Trinajstić information content (AvgIpc) is 0. The molecule has 0 bridgehead atoms. The third-order valence-electron chi connectivity index (χ3n) is 0. The summed E-state index contributed by atoms with van der Waals surface area (Å²) in [6.45, 7) is 0. The maximum atomic E-state index is 0. The third kappa shape index (κ3) is 22.4. The van der Waals surface area contributed by atoms with Crippen LogP contribution in [-0.2, 0) is 33.0 Å². The van der Waals surface area contributed by atoms with Crippen molar-refractivity contribution in [3.63, 3.8) is 0 Å². The molecule has 0 nitrogen and oxygen atoms in total. The van der Waals surface area contributed by atoms with Gasteiger partial charge in [-0.25, -0.2) is 0 Å². The molecule has 0 aliphatic rings. The van der Waals surface area contributed by atoms with Crippen molar-refractivity contribution in [1.29, 1.82) is 0 Å². The minimum absolute atomic E-state index is 0. The first kappa shape index (κ1) is 39.5. The molecular formula is La2Ni2Sr2. The monoisotopic (exact) mass is 569 g/mol. The molecule has 6 heavy (non-hydrogen) atoms. The van der Waals surface area contributed by atoms with Gasteiger partial charge >= 0.3 is 0 Å². The van der Waals surface area contributed by atoms with Gasteiger partial charge in [-0.1, -0.05) is 0 Å². The molecule has 0 unspecified atom stereocenters. The van der Waals surface area contributed by atoms with E-state index in [1.165, 1.54) is 0 Å². The van der Waals surface area contributed by atoms with Crippen LogP contribution in [0.4, 0.5) is 0 Å². The van der Waals surface area contributed by atoms with E-state index in [1.807, 2.05) is 0 Å². The molecule has 0 atom stereocenters. The largest absolute Gasteiger partial charge is 0 e. The van der Waals surface area contributed by atoms with Crippen molar-refractivity contribution < 1.29 is 104 Å². The van der Waals surface area contributed by atoms with Crippen molar-refractivity contribution in [2.24, 2.45) is 0 Å². The fourth-order valence-corrected chi connectivity index (χ4v) is 0. The molecule has 0 rings (SSSR count). The van der Waals surface area contributed by atoms with Gasteiger partial charge in [0, 0.05) is 195 Å². The van der Waals surface area contributed by atoms with Crippen LogP contribution in [0, 0.1) is 71.2 Å². The van der Waals surface area contributed by atoms with Crippen LogP contribution >= 0.6 is 0 Å². The Labute approximate surface area is 188 Å². The summed E-state index contributed by atoms with van der Waals surface area (Å²) in [5.41, 5.74) is 0. The maximum Gasteiger partial charge on any atom is 0 e. The summed E-state index contributed by atoms with van der Waals surface area (Å²) >= 11 is 0. The molecule has 0 fully saturated rings. The van der Waals surface area contributed by atoms with Gasteiger partial charge in [0.15, 0.2) is 0 Å². The second-order valence-electron chi connectivity index (χ2n) is 0. The fourth-order valence-electron chi connectivity index (χ4n) is 0. The van der Waals surface area contributed by atoms with Crippen molar-refractivity contribution in [1.82, 2.24) is 0 Å². The van der Waals surface area contributed by atoms with Gasteiger partial charge in [-0.05, 0) is 0 Å². The van der Waals surface area contributed by atoms with Crippen LogP contribution in [0.15, 0.2) is 0 Å². The zero-order valence-electron chi connectivity index (χ0n) is 3.20. The molecular weight excluding hydrogens is 570 g/mol. The van der Waals surface area contributed by atoms with Crippen LogP contribution in [-0.4, -0.2) is 91.0 Å². The van der Waals surface area contributed by atoms with E-state index in [0.29, 0.717) is 0 Å². The van der Waals surface area contributed by atoms with Crippen molar-refractivity contribution in [3.8, 4) is 0 Å². The van der Waals surface area contributed by atoms with E-state index < -0.39 is 0 Å². The topological polar surface area (TPSA) is 0 Å². The quantitative estimate of drug-likeness (QED) is 0.336. The van der Waals surface area contributed by atoms with Gasteiger partial charge in [0.05, 0.1) is 0 Å². The molecule has 6 heteroatoms. The van der Waals surface area contributed by atoms with Crippen LogP contribution in [0.25, 0.3) is 0 Å². The Kier molecular flexibility index (Phi) is 199. The Bertz CT molecular complexity index is 9.51. The molecule has 0 aliphatic carbocycles. The molecule has 0 aliphatic heterocycles. The van der Waals surface area contributed by atoms with Gasteiger partial charge in [-0.2, -0.15) is 0 Å². The van der Waals surface area contributed by atoms with E-state index in [2.05, 4.69) is 0 Å². The summed E-state index contributed by atoms with van der Waals surface area (Å²) in [6.07, 6.45) is 0. The van der Waals surface area contributed by atoms with Gasteiger partial charge in [-0.3, -0.25) is 0 Å². The van der Waals surface area contributed by atoms with E-state index >= 15 is 0 Å². The van der Waals surface area contributed by atoms with Crippen LogP contribution in [0.5, 0.6) is 0 Å². The predicted octanol–water partition coefficient (Wildman–Crippen LogP) is -0.767. The normalized spacial score (nSPS) is 0. The zero-order valence-corrected chi connectivity index (χ0v) is 19.4. The number of hydrogen-bond donors (Lipinski definition) is 0. The zero-order chi connectivity index (χ0) is 0. The summed E-state index contributed by atoms with van der Waals surface area (Å²) in [5, 5.41) is 0. The van der Waals surface area contributed by atoms with E-state index in [-0.39, 0.29) is 195 Å². The Morgan fingerprint density at radius 1 is 0.500 bits per heavy atom. The summed E-state index contributed by atoms with van der Waals surface area (Å²) in [6, 6.07) is 0. The SMILES string of the molecule is [La].[La].[Ni].[Ni].[Sr].[Sr].